The predicted molar refractivity (Wildman–Crippen MR) is 89.2 cm³/mol. The Kier molecular flexibility index (Phi) is 6.07. The summed E-state index contributed by atoms with van der Waals surface area (Å²) in [6.45, 7) is 13.1. The summed E-state index contributed by atoms with van der Waals surface area (Å²) >= 11 is 0. The monoisotopic (exact) mass is 290 g/mol. The van der Waals surface area contributed by atoms with Crippen molar-refractivity contribution in [3.05, 3.63) is 29.3 Å². The molecule has 1 heterocycles. The summed E-state index contributed by atoms with van der Waals surface area (Å²) in [6.07, 6.45) is 1.09. The summed E-state index contributed by atoms with van der Waals surface area (Å²) in [5.74, 6) is 1.73. The fourth-order valence-corrected chi connectivity index (χ4v) is 2.80. The maximum atomic E-state index is 6.07. The number of rotatable bonds is 6. The van der Waals surface area contributed by atoms with E-state index in [1.54, 1.807) is 0 Å². The van der Waals surface area contributed by atoms with Gasteiger partial charge in [0.05, 0.1) is 0 Å². The molecular formula is C18H30N2O. The van der Waals surface area contributed by atoms with Gasteiger partial charge in [0.2, 0.25) is 0 Å². The van der Waals surface area contributed by atoms with Gasteiger partial charge in [-0.1, -0.05) is 31.5 Å². The molecule has 0 unspecified atom stereocenters. The van der Waals surface area contributed by atoms with Gasteiger partial charge < -0.3 is 9.64 Å². The van der Waals surface area contributed by atoms with E-state index in [1.807, 2.05) is 0 Å². The average Bonchev–Trinajstić information content (AvgIpc) is 2.43. The van der Waals surface area contributed by atoms with Crippen LogP contribution in [0.1, 0.15) is 25.0 Å². The van der Waals surface area contributed by atoms with E-state index < -0.39 is 0 Å². The Morgan fingerprint density at radius 1 is 1.14 bits per heavy atom. The highest BCUT2D eigenvalue weighted by atomic mass is 16.5. The third-order valence-corrected chi connectivity index (χ3v) is 4.11. The van der Waals surface area contributed by atoms with Gasteiger partial charge in [0.25, 0.3) is 0 Å². The third-order valence-electron chi connectivity index (χ3n) is 4.11. The quantitative estimate of drug-likeness (QED) is 0.801. The van der Waals surface area contributed by atoms with E-state index in [0.717, 1.165) is 38.4 Å². The first-order chi connectivity index (χ1) is 10.0. The van der Waals surface area contributed by atoms with Crippen LogP contribution in [0.3, 0.4) is 0 Å². The van der Waals surface area contributed by atoms with Crippen LogP contribution in [0.4, 0.5) is 0 Å². The summed E-state index contributed by atoms with van der Waals surface area (Å²) in [6, 6.07) is 6.55. The van der Waals surface area contributed by atoms with Gasteiger partial charge in [0, 0.05) is 32.7 Å². The van der Waals surface area contributed by atoms with Crippen LogP contribution >= 0.6 is 0 Å². The summed E-state index contributed by atoms with van der Waals surface area (Å²) in [5, 5.41) is 0. The van der Waals surface area contributed by atoms with E-state index in [0.29, 0.717) is 5.92 Å². The molecule has 3 heteroatoms. The number of benzene rings is 1. The van der Waals surface area contributed by atoms with Crippen LogP contribution in [-0.4, -0.2) is 56.2 Å². The molecule has 21 heavy (non-hydrogen) atoms. The summed E-state index contributed by atoms with van der Waals surface area (Å²) < 4.78 is 6.07. The molecule has 0 spiro atoms. The Morgan fingerprint density at radius 2 is 1.86 bits per heavy atom. The smallest absolute Gasteiger partial charge is 0.122 e. The zero-order valence-electron chi connectivity index (χ0n) is 14.1. The molecule has 1 aliphatic heterocycles. The SMILES string of the molecule is Cc1ccc(OCCN2CCN(C)CC2)c(CC(C)C)c1. The van der Waals surface area contributed by atoms with Crippen LogP contribution in [0.15, 0.2) is 18.2 Å². The molecule has 1 aliphatic rings. The minimum atomic E-state index is 0.659. The van der Waals surface area contributed by atoms with Crippen molar-refractivity contribution in [3.63, 3.8) is 0 Å². The minimum Gasteiger partial charge on any atom is -0.492 e. The topological polar surface area (TPSA) is 15.7 Å². The molecule has 0 radical (unpaired) electrons. The van der Waals surface area contributed by atoms with Crippen LogP contribution in [0.5, 0.6) is 5.75 Å². The van der Waals surface area contributed by atoms with Gasteiger partial charge in [-0.3, -0.25) is 4.90 Å². The molecule has 0 amide bonds. The van der Waals surface area contributed by atoms with Crippen molar-refractivity contribution in [3.8, 4) is 5.75 Å². The summed E-state index contributed by atoms with van der Waals surface area (Å²) in [5.41, 5.74) is 2.67. The van der Waals surface area contributed by atoms with Gasteiger partial charge in [-0.05, 0) is 37.9 Å². The van der Waals surface area contributed by atoms with Gasteiger partial charge in [-0.25, -0.2) is 0 Å². The van der Waals surface area contributed by atoms with E-state index >= 15 is 0 Å². The molecule has 118 valence electrons. The van der Waals surface area contributed by atoms with Crippen molar-refractivity contribution in [1.82, 2.24) is 9.80 Å². The first kappa shape index (κ1) is 16.3. The van der Waals surface area contributed by atoms with Crippen molar-refractivity contribution < 1.29 is 4.74 Å². The summed E-state index contributed by atoms with van der Waals surface area (Å²) in [7, 11) is 2.19. The van der Waals surface area contributed by atoms with E-state index in [9.17, 15) is 0 Å². The van der Waals surface area contributed by atoms with E-state index in [-0.39, 0.29) is 0 Å². The van der Waals surface area contributed by atoms with Crippen molar-refractivity contribution in [2.45, 2.75) is 27.2 Å². The zero-order valence-corrected chi connectivity index (χ0v) is 14.1. The number of hydrogen-bond acceptors (Lipinski definition) is 3. The summed E-state index contributed by atoms with van der Waals surface area (Å²) in [4.78, 5) is 4.88. The van der Waals surface area contributed by atoms with Gasteiger partial charge in [-0.2, -0.15) is 0 Å². The van der Waals surface area contributed by atoms with Crippen LogP contribution in [0, 0.1) is 12.8 Å². The first-order valence-electron chi connectivity index (χ1n) is 8.18. The molecule has 3 nitrogen and oxygen atoms in total. The van der Waals surface area contributed by atoms with Gasteiger partial charge in [0.15, 0.2) is 0 Å². The maximum absolute atomic E-state index is 6.07. The highest BCUT2D eigenvalue weighted by Crippen LogP contribution is 2.23. The lowest BCUT2D eigenvalue weighted by molar-refractivity contribution is 0.133. The van der Waals surface area contributed by atoms with Crippen molar-refractivity contribution in [2.75, 3.05) is 46.4 Å². The second-order valence-electron chi connectivity index (χ2n) is 6.70. The number of aryl methyl sites for hydroxylation is 1. The van der Waals surface area contributed by atoms with Crippen molar-refractivity contribution in [1.29, 1.82) is 0 Å². The zero-order chi connectivity index (χ0) is 15.2. The van der Waals surface area contributed by atoms with Crippen LogP contribution in [-0.2, 0) is 6.42 Å². The molecule has 2 rings (SSSR count). The lowest BCUT2D eigenvalue weighted by atomic mass is 10.0. The van der Waals surface area contributed by atoms with Crippen molar-refractivity contribution >= 4 is 0 Å². The molecular weight excluding hydrogens is 260 g/mol. The molecule has 0 aromatic heterocycles. The Morgan fingerprint density at radius 3 is 2.52 bits per heavy atom. The minimum absolute atomic E-state index is 0.659. The number of piperazine rings is 1. The molecule has 0 bridgehead atoms. The number of ether oxygens (including phenoxy) is 1. The van der Waals surface area contributed by atoms with E-state index in [1.165, 1.54) is 24.2 Å². The maximum Gasteiger partial charge on any atom is 0.122 e. The second-order valence-corrected chi connectivity index (χ2v) is 6.70. The third kappa shape index (κ3) is 5.33. The lowest BCUT2D eigenvalue weighted by Gasteiger charge is -2.32. The molecule has 0 saturated carbocycles. The number of nitrogens with zero attached hydrogens (tertiary/aromatic N) is 2. The Balaban J connectivity index is 1.85. The molecule has 0 aliphatic carbocycles. The molecule has 1 aromatic carbocycles. The highest BCUT2D eigenvalue weighted by Gasteiger charge is 2.13. The number of likely N-dealkylation sites (N-methyl/N-ethyl adjacent to an activating group) is 1. The standard InChI is InChI=1S/C18H30N2O/c1-15(2)13-17-14-16(3)5-6-18(17)21-12-11-20-9-7-19(4)8-10-20/h5-6,14-15H,7-13H2,1-4H3. The fraction of sp³-hybridized carbons (Fsp3) is 0.667. The average molecular weight is 290 g/mol. The second kappa shape index (κ2) is 7.81. The fourth-order valence-electron chi connectivity index (χ4n) is 2.80. The molecule has 0 atom stereocenters. The van der Waals surface area contributed by atoms with Gasteiger partial charge in [0.1, 0.15) is 12.4 Å². The molecule has 1 aromatic rings. The normalized spacial score (nSPS) is 17.4. The van der Waals surface area contributed by atoms with Crippen LogP contribution in [0.25, 0.3) is 0 Å². The molecule has 0 N–H and O–H groups in total. The van der Waals surface area contributed by atoms with Gasteiger partial charge in [-0.15, -0.1) is 0 Å². The largest absolute Gasteiger partial charge is 0.492 e. The van der Waals surface area contributed by atoms with E-state index in [4.69, 9.17) is 4.74 Å². The molecule has 1 saturated heterocycles. The highest BCUT2D eigenvalue weighted by molar-refractivity contribution is 5.37. The molecule has 1 fully saturated rings. The Labute approximate surface area is 129 Å². The van der Waals surface area contributed by atoms with E-state index in [2.05, 4.69) is 55.8 Å². The predicted octanol–water partition coefficient (Wildman–Crippen LogP) is 2.82. The first-order valence-corrected chi connectivity index (χ1v) is 8.18. The van der Waals surface area contributed by atoms with Gasteiger partial charge >= 0.3 is 0 Å². The van der Waals surface area contributed by atoms with Crippen LogP contribution in [0.2, 0.25) is 0 Å². The van der Waals surface area contributed by atoms with Crippen molar-refractivity contribution in [2.24, 2.45) is 5.92 Å². The lowest BCUT2D eigenvalue weighted by Crippen LogP contribution is -2.45. The Bertz CT molecular complexity index is 437. The van der Waals surface area contributed by atoms with Crippen LogP contribution < -0.4 is 4.74 Å². The Hall–Kier alpha value is -1.06. The number of hydrogen-bond donors (Lipinski definition) is 0.